The summed E-state index contributed by atoms with van der Waals surface area (Å²) < 4.78 is 31.7. The van der Waals surface area contributed by atoms with E-state index < -0.39 is 18.1 Å². The van der Waals surface area contributed by atoms with Crippen LogP contribution in [0.1, 0.15) is 6.42 Å². The predicted octanol–water partition coefficient (Wildman–Crippen LogP) is 0.622. The third-order valence-corrected chi connectivity index (χ3v) is 1.58. The Morgan fingerprint density at radius 2 is 1.75 bits per heavy atom. The van der Waals surface area contributed by atoms with Crippen LogP contribution in [0.15, 0.2) is 12.2 Å². The van der Waals surface area contributed by atoms with Gasteiger partial charge in [-0.1, -0.05) is 6.08 Å². The number of aliphatic carboxylic acids is 2. The molecule has 0 bridgehead atoms. The largest absolute Gasteiger partial charge is 0.490 e. The van der Waals surface area contributed by atoms with Crippen molar-refractivity contribution in [2.45, 2.75) is 18.6 Å². The number of hydrogen-bond acceptors (Lipinski definition) is 3. The molecule has 5 nitrogen and oxygen atoms in total. The smallest absolute Gasteiger partial charge is 0.478 e. The maximum Gasteiger partial charge on any atom is 0.490 e. The first kappa shape index (κ1) is 14.4. The number of rotatable bonds is 2. The van der Waals surface area contributed by atoms with Crippen molar-refractivity contribution < 1.29 is 33.0 Å². The summed E-state index contributed by atoms with van der Waals surface area (Å²) in [5, 5.41) is 18.3. The summed E-state index contributed by atoms with van der Waals surface area (Å²) in [7, 11) is 0. The van der Waals surface area contributed by atoms with Crippen LogP contribution in [0.25, 0.3) is 0 Å². The van der Waals surface area contributed by atoms with Crippen LogP contribution in [0.2, 0.25) is 0 Å². The third kappa shape index (κ3) is 6.82. The van der Waals surface area contributed by atoms with Crippen LogP contribution in [-0.2, 0) is 9.59 Å². The Bertz CT molecular complexity index is 283. The number of alkyl halides is 3. The highest BCUT2D eigenvalue weighted by Gasteiger charge is 2.38. The summed E-state index contributed by atoms with van der Waals surface area (Å²) in [6, 6.07) is 0.307. The molecule has 92 valence electrons. The lowest BCUT2D eigenvalue weighted by atomic mass is 10.1. The molecule has 3 N–H and O–H groups in total. The van der Waals surface area contributed by atoms with Crippen molar-refractivity contribution in [3.05, 3.63) is 12.2 Å². The summed E-state index contributed by atoms with van der Waals surface area (Å²) in [5.74, 6) is -3.63. The fraction of sp³-hybridized carbons (Fsp3) is 0.500. The number of carboxylic acids is 2. The van der Waals surface area contributed by atoms with E-state index in [1.54, 1.807) is 6.08 Å². The molecule has 1 aliphatic rings. The Labute approximate surface area is 88.6 Å². The standard InChI is InChI=1S/C6H9NO2.C2HF3O2/c8-6(9)2-1-5-3-4-7-5;3-2(4,5)1(6)7/h1-2,5,7H,3-4H2,(H,8,9);(H,6,7)/b2-1+;. The van der Waals surface area contributed by atoms with Gasteiger partial charge in [-0.25, -0.2) is 9.59 Å². The van der Waals surface area contributed by atoms with Crippen molar-refractivity contribution in [3.63, 3.8) is 0 Å². The zero-order chi connectivity index (χ0) is 12.8. The van der Waals surface area contributed by atoms with Gasteiger partial charge in [0.15, 0.2) is 0 Å². The van der Waals surface area contributed by atoms with Gasteiger partial charge >= 0.3 is 18.1 Å². The first-order chi connectivity index (χ1) is 7.23. The zero-order valence-electron chi connectivity index (χ0n) is 7.99. The molecule has 16 heavy (non-hydrogen) atoms. The number of carbonyl (C=O) groups is 2. The predicted molar refractivity (Wildman–Crippen MR) is 46.9 cm³/mol. The molecule has 8 heteroatoms. The van der Waals surface area contributed by atoms with Gasteiger partial charge in [-0.15, -0.1) is 0 Å². The minimum Gasteiger partial charge on any atom is -0.478 e. The van der Waals surface area contributed by atoms with Gasteiger partial charge in [-0.3, -0.25) is 0 Å². The lowest BCUT2D eigenvalue weighted by Crippen LogP contribution is -2.41. The second-order valence-electron chi connectivity index (χ2n) is 2.85. The van der Waals surface area contributed by atoms with Gasteiger partial charge in [-0.05, 0) is 13.0 Å². The van der Waals surface area contributed by atoms with Crippen LogP contribution < -0.4 is 5.32 Å². The van der Waals surface area contributed by atoms with Gasteiger partial charge in [0, 0.05) is 12.1 Å². The molecule has 0 aromatic heterocycles. The second kappa shape index (κ2) is 6.11. The summed E-state index contributed by atoms with van der Waals surface area (Å²) in [4.78, 5) is 18.8. The summed E-state index contributed by atoms with van der Waals surface area (Å²) in [5.41, 5.74) is 0. The molecule has 0 aromatic carbocycles. The molecule has 0 saturated carbocycles. The van der Waals surface area contributed by atoms with Gasteiger partial charge in [0.2, 0.25) is 0 Å². The van der Waals surface area contributed by atoms with E-state index in [4.69, 9.17) is 15.0 Å². The highest BCUT2D eigenvalue weighted by molar-refractivity contribution is 5.79. The average Bonchev–Trinajstić information content (AvgIpc) is 1.99. The topological polar surface area (TPSA) is 86.6 Å². The fourth-order valence-corrected chi connectivity index (χ4v) is 0.674. The van der Waals surface area contributed by atoms with E-state index in [1.165, 1.54) is 6.08 Å². The molecule has 1 fully saturated rings. The Hall–Kier alpha value is -1.57. The summed E-state index contributed by atoms with van der Waals surface area (Å²) in [6.45, 7) is 1.01. The Balaban J connectivity index is 0.000000293. The monoisotopic (exact) mass is 241 g/mol. The van der Waals surface area contributed by atoms with E-state index in [0.717, 1.165) is 13.0 Å². The van der Waals surface area contributed by atoms with Crippen molar-refractivity contribution in [1.82, 2.24) is 5.32 Å². The van der Waals surface area contributed by atoms with E-state index in [-0.39, 0.29) is 0 Å². The van der Waals surface area contributed by atoms with E-state index in [2.05, 4.69) is 5.32 Å². The lowest BCUT2D eigenvalue weighted by molar-refractivity contribution is -0.192. The van der Waals surface area contributed by atoms with E-state index in [9.17, 15) is 18.0 Å². The molecule has 0 aromatic rings. The Morgan fingerprint density at radius 1 is 1.31 bits per heavy atom. The summed E-state index contributed by atoms with van der Waals surface area (Å²) in [6.07, 6.45) is -1.17. The quantitative estimate of drug-likeness (QED) is 0.617. The molecular formula is C8H10F3NO4. The van der Waals surface area contributed by atoms with Gasteiger partial charge in [0.25, 0.3) is 0 Å². The number of hydrogen-bond donors (Lipinski definition) is 3. The van der Waals surface area contributed by atoms with Gasteiger partial charge in [0.05, 0.1) is 0 Å². The molecule has 1 aliphatic heterocycles. The maximum atomic E-state index is 10.6. The SMILES string of the molecule is O=C(O)/C=C/C1CCN1.O=C(O)C(F)(F)F. The van der Waals surface area contributed by atoms with Crippen LogP contribution in [0.4, 0.5) is 13.2 Å². The molecule has 1 heterocycles. The first-order valence-electron chi connectivity index (χ1n) is 4.18. The molecule has 1 unspecified atom stereocenters. The zero-order valence-corrected chi connectivity index (χ0v) is 7.99. The van der Waals surface area contributed by atoms with Crippen LogP contribution in [-0.4, -0.2) is 40.9 Å². The minimum absolute atomic E-state index is 0.307. The first-order valence-corrected chi connectivity index (χ1v) is 4.18. The highest BCUT2D eigenvalue weighted by atomic mass is 19.4. The second-order valence-corrected chi connectivity index (χ2v) is 2.85. The van der Waals surface area contributed by atoms with Crippen LogP contribution in [0.3, 0.4) is 0 Å². The van der Waals surface area contributed by atoms with Crippen molar-refractivity contribution in [1.29, 1.82) is 0 Å². The Kier molecular flexibility index (Phi) is 5.51. The third-order valence-electron chi connectivity index (χ3n) is 1.58. The normalized spacial score (nSPS) is 19.6. The van der Waals surface area contributed by atoms with E-state index >= 15 is 0 Å². The average molecular weight is 241 g/mol. The molecular weight excluding hydrogens is 231 g/mol. The molecule has 0 aliphatic carbocycles. The molecule has 0 radical (unpaired) electrons. The molecule has 1 atom stereocenters. The lowest BCUT2D eigenvalue weighted by Gasteiger charge is -2.23. The van der Waals surface area contributed by atoms with E-state index in [0.29, 0.717) is 6.04 Å². The van der Waals surface area contributed by atoms with Crippen LogP contribution >= 0.6 is 0 Å². The molecule has 1 rings (SSSR count). The highest BCUT2D eigenvalue weighted by Crippen LogP contribution is 2.13. The van der Waals surface area contributed by atoms with Crippen LogP contribution in [0, 0.1) is 0 Å². The maximum absolute atomic E-state index is 10.6. The fourth-order valence-electron chi connectivity index (χ4n) is 0.674. The van der Waals surface area contributed by atoms with Gasteiger partial charge < -0.3 is 15.5 Å². The van der Waals surface area contributed by atoms with Crippen LogP contribution in [0.5, 0.6) is 0 Å². The van der Waals surface area contributed by atoms with Crippen molar-refractivity contribution in [3.8, 4) is 0 Å². The van der Waals surface area contributed by atoms with Crippen molar-refractivity contribution in [2.24, 2.45) is 0 Å². The Morgan fingerprint density at radius 3 is 1.94 bits per heavy atom. The van der Waals surface area contributed by atoms with Gasteiger partial charge in [-0.2, -0.15) is 13.2 Å². The molecule has 0 amide bonds. The van der Waals surface area contributed by atoms with E-state index in [1.807, 2.05) is 0 Å². The minimum atomic E-state index is -5.08. The van der Waals surface area contributed by atoms with Crippen molar-refractivity contribution in [2.75, 3.05) is 6.54 Å². The number of nitrogens with one attached hydrogen (secondary N) is 1. The molecule has 1 saturated heterocycles. The number of carboxylic acid groups (broad SMARTS) is 2. The summed E-state index contributed by atoms with van der Waals surface area (Å²) >= 11 is 0. The van der Waals surface area contributed by atoms with Crippen molar-refractivity contribution >= 4 is 11.9 Å². The number of halogens is 3. The van der Waals surface area contributed by atoms with Gasteiger partial charge in [0.1, 0.15) is 0 Å². The molecule has 0 spiro atoms.